The van der Waals surface area contributed by atoms with Gasteiger partial charge in [-0.05, 0) is 27.7 Å². The quantitative estimate of drug-likeness (QED) is 0.395. The number of hydrogen-bond acceptors (Lipinski definition) is 6. The van der Waals surface area contributed by atoms with Crippen molar-refractivity contribution in [2.24, 2.45) is 4.99 Å². The van der Waals surface area contributed by atoms with Gasteiger partial charge in [0.2, 0.25) is 5.89 Å². The number of aromatic nitrogens is 2. The molecule has 0 aromatic carbocycles. The molecule has 2 N–H and O–H groups in total. The lowest BCUT2D eigenvalue weighted by molar-refractivity contribution is 0.00701. The van der Waals surface area contributed by atoms with Gasteiger partial charge in [-0.2, -0.15) is 4.98 Å². The minimum atomic E-state index is -0.477. The van der Waals surface area contributed by atoms with E-state index in [4.69, 9.17) is 9.26 Å². The van der Waals surface area contributed by atoms with Gasteiger partial charge in [-0.3, -0.25) is 0 Å². The van der Waals surface area contributed by atoms with E-state index < -0.39 is 5.60 Å². The summed E-state index contributed by atoms with van der Waals surface area (Å²) in [6.07, 6.45) is -0.287. The highest BCUT2D eigenvalue weighted by Crippen LogP contribution is 2.15. The second-order valence-corrected chi connectivity index (χ2v) is 6.65. The highest BCUT2D eigenvalue weighted by Gasteiger charge is 2.34. The molecule has 9 nitrogen and oxygen atoms in total. The maximum Gasteiger partial charge on any atom is 0.410 e. The Morgan fingerprint density at radius 2 is 2.12 bits per heavy atom. The molecule has 10 heteroatoms. The molecule has 142 valence electrons. The van der Waals surface area contributed by atoms with Crippen LogP contribution in [0.3, 0.4) is 0 Å². The molecule has 0 bridgehead atoms. The van der Waals surface area contributed by atoms with Crippen molar-refractivity contribution in [2.75, 3.05) is 19.6 Å². The monoisotopic (exact) mass is 466 g/mol. The van der Waals surface area contributed by atoms with Gasteiger partial charge in [0.25, 0.3) is 0 Å². The van der Waals surface area contributed by atoms with Gasteiger partial charge < -0.3 is 24.8 Å². The summed E-state index contributed by atoms with van der Waals surface area (Å²) in [7, 11) is 0. The molecule has 0 unspecified atom stereocenters. The van der Waals surface area contributed by atoms with Gasteiger partial charge >= 0.3 is 6.09 Å². The van der Waals surface area contributed by atoms with Gasteiger partial charge in [0, 0.05) is 26.6 Å². The number of amides is 1. The van der Waals surface area contributed by atoms with E-state index in [9.17, 15) is 4.79 Å². The summed E-state index contributed by atoms with van der Waals surface area (Å²) in [6.45, 7) is 11.5. The van der Waals surface area contributed by atoms with Crippen LogP contribution >= 0.6 is 24.0 Å². The van der Waals surface area contributed by atoms with Crippen LogP contribution in [0.15, 0.2) is 9.52 Å². The molecular formula is C15H27IN6O3. The number of likely N-dealkylation sites (tertiary alicyclic amines) is 1. The molecule has 0 saturated carbocycles. The van der Waals surface area contributed by atoms with Crippen molar-refractivity contribution < 1.29 is 14.1 Å². The molecule has 25 heavy (non-hydrogen) atoms. The fourth-order valence-corrected chi connectivity index (χ4v) is 2.11. The lowest BCUT2D eigenvalue weighted by Gasteiger charge is -2.40. The van der Waals surface area contributed by atoms with Crippen LogP contribution in [0.5, 0.6) is 0 Å². The fraction of sp³-hybridized carbons (Fsp3) is 0.733. The minimum Gasteiger partial charge on any atom is -0.444 e. The molecular weight excluding hydrogens is 439 g/mol. The highest BCUT2D eigenvalue weighted by atomic mass is 127. The zero-order valence-electron chi connectivity index (χ0n) is 15.3. The van der Waals surface area contributed by atoms with Crippen LogP contribution in [0.2, 0.25) is 0 Å². The number of nitrogens with zero attached hydrogens (tertiary/aromatic N) is 4. The molecule has 0 spiro atoms. The maximum absolute atomic E-state index is 11.9. The van der Waals surface area contributed by atoms with Crippen LogP contribution in [0, 0.1) is 6.92 Å². The predicted octanol–water partition coefficient (Wildman–Crippen LogP) is 1.67. The number of aliphatic imine (C=N–C) groups is 1. The first-order chi connectivity index (χ1) is 11.3. The normalized spacial score (nSPS) is 15.2. The Balaban J connectivity index is 0.00000312. The highest BCUT2D eigenvalue weighted by molar-refractivity contribution is 14.0. The third-order valence-corrected chi connectivity index (χ3v) is 3.17. The van der Waals surface area contributed by atoms with Crippen LogP contribution in [-0.4, -0.2) is 58.4 Å². The van der Waals surface area contributed by atoms with Gasteiger partial charge in [-0.1, -0.05) is 5.16 Å². The third-order valence-electron chi connectivity index (χ3n) is 3.17. The van der Waals surface area contributed by atoms with Crippen molar-refractivity contribution >= 4 is 36.0 Å². The Morgan fingerprint density at radius 3 is 2.64 bits per heavy atom. The van der Waals surface area contributed by atoms with Crippen LogP contribution < -0.4 is 10.6 Å². The topological polar surface area (TPSA) is 105 Å². The third kappa shape index (κ3) is 7.04. The van der Waals surface area contributed by atoms with E-state index in [0.717, 1.165) is 6.54 Å². The molecule has 1 aromatic heterocycles. The molecule has 1 saturated heterocycles. The largest absolute Gasteiger partial charge is 0.444 e. The summed E-state index contributed by atoms with van der Waals surface area (Å²) >= 11 is 0. The number of guanidine groups is 1. The number of aryl methyl sites for hydroxylation is 1. The number of rotatable bonds is 4. The summed E-state index contributed by atoms with van der Waals surface area (Å²) in [5.41, 5.74) is -0.477. The maximum atomic E-state index is 11.9. The minimum absolute atomic E-state index is 0. The van der Waals surface area contributed by atoms with Crippen molar-refractivity contribution in [1.82, 2.24) is 25.7 Å². The number of ether oxygens (including phenoxy) is 1. The Bertz CT molecular complexity index is 592. The second-order valence-electron chi connectivity index (χ2n) is 6.65. The number of nitrogens with one attached hydrogen (secondary N) is 2. The molecule has 1 fully saturated rings. The van der Waals surface area contributed by atoms with Crippen molar-refractivity contribution in [3.8, 4) is 0 Å². The molecule has 2 rings (SSSR count). The van der Waals surface area contributed by atoms with E-state index in [0.29, 0.717) is 37.3 Å². The molecule has 1 aromatic rings. The number of carbonyl (C=O) groups excluding carboxylic acids is 1. The zero-order valence-corrected chi connectivity index (χ0v) is 17.7. The summed E-state index contributed by atoms with van der Waals surface area (Å²) in [6, 6.07) is 0.141. The van der Waals surface area contributed by atoms with E-state index in [1.54, 1.807) is 11.8 Å². The van der Waals surface area contributed by atoms with E-state index >= 15 is 0 Å². The number of hydrogen-bond donors (Lipinski definition) is 2. The van der Waals surface area contributed by atoms with Gasteiger partial charge in [0.1, 0.15) is 12.1 Å². The molecule has 0 aliphatic carbocycles. The van der Waals surface area contributed by atoms with Crippen LogP contribution in [-0.2, 0) is 11.3 Å². The van der Waals surface area contributed by atoms with E-state index in [1.165, 1.54) is 0 Å². The number of halogens is 1. The van der Waals surface area contributed by atoms with Crippen molar-refractivity contribution in [3.05, 3.63) is 11.7 Å². The average Bonchev–Trinajstić information content (AvgIpc) is 2.83. The lowest BCUT2D eigenvalue weighted by Crippen LogP contribution is -2.63. The van der Waals surface area contributed by atoms with Crippen molar-refractivity contribution in [2.45, 2.75) is 52.8 Å². The summed E-state index contributed by atoms with van der Waals surface area (Å²) in [4.78, 5) is 22.1. The van der Waals surface area contributed by atoms with Crippen LogP contribution in [0.25, 0.3) is 0 Å². The Kier molecular flexibility index (Phi) is 7.90. The molecule has 0 radical (unpaired) electrons. The molecule has 1 aliphatic heterocycles. The van der Waals surface area contributed by atoms with E-state index in [-0.39, 0.29) is 36.1 Å². The first kappa shape index (κ1) is 21.5. The predicted molar refractivity (Wildman–Crippen MR) is 104 cm³/mol. The smallest absolute Gasteiger partial charge is 0.410 e. The Hall–Kier alpha value is -1.59. The molecule has 1 aliphatic rings. The van der Waals surface area contributed by atoms with Crippen LogP contribution in [0.4, 0.5) is 4.79 Å². The van der Waals surface area contributed by atoms with Gasteiger partial charge in [-0.25, -0.2) is 9.79 Å². The van der Waals surface area contributed by atoms with Gasteiger partial charge in [-0.15, -0.1) is 24.0 Å². The lowest BCUT2D eigenvalue weighted by atomic mass is 10.1. The van der Waals surface area contributed by atoms with Gasteiger partial charge in [0.05, 0.1) is 6.04 Å². The first-order valence-corrected chi connectivity index (χ1v) is 8.09. The molecule has 2 heterocycles. The first-order valence-electron chi connectivity index (χ1n) is 8.09. The number of carbonyl (C=O) groups is 1. The summed E-state index contributed by atoms with van der Waals surface area (Å²) in [5, 5.41) is 10.3. The Morgan fingerprint density at radius 1 is 1.44 bits per heavy atom. The zero-order chi connectivity index (χ0) is 17.7. The average molecular weight is 466 g/mol. The summed E-state index contributed by atoms with van der Waals surface area (Å²) in [5.74, 6) is 1.72. The fourth-order valence-electron chi connectivity index (χ4n) is 2.11. The SMILES string of the molecule is CCNC(=NCc1noc(C)n1)NC1CN(C(=O)OC(C)(C)C)C1.I. The van der Waals surface area contributed by atoms with Crippen molar-refractivity contribution in [3.63, 3.8) is 0 Å². The second kappa shape index (κ2) is 9.20. The van der Waals surface area contributed by atoms with Gasteiger partial charge in [0.15, 0.2) is 11.8 Å². The van der Waals surface area contributed by atoms with Crippen molar-refractivity contribution in [1.29, 1.82) is 0 Å². The van der Waals surface area contributed by atoms with E-state index in [1.807, 2.05) is 27.7 Å². The molecule has 0 atom stereocenters. The summed E-state index contributed by atoms with van der Waals surface area (Å²) < 4.78 is 10.3. The standard InChI is InChI=1S/C15H26N6O3.HI/c1-6-16-13(17-7-12-18-10(2)24-20-12)19-11-8-21(9-11)14(22)23-15(3,4)5;/h11H,6-9H2,1-5H3,(H2,16,17,19);1H. The Labute approximate surface area is 165 Å². The molecule has 1 amide bonds. The van der Waals surface area contributed by atoms with Crippen LogP contribution in [0.1, 0.15) is 39.4 Å². The van der Waals surface area contributed by atoms with E-state index in [2.05, 4.69) is 25.8 Å².